The third-order valence-corrected chi connectivity index (χ3v) is 5.79. The van der Waals surface area contributed by atoms with Crippen LogP contribution in [0.2, 0.25) is 0 Å². The molecule has 5 rings (SSSR count). The quantitative estimate of drug-likeness (QED) is 0.449. The van der Waals surface area contributed by atoms with Gasteiger partial charge in [-0.25, -0.2) is 0 Å². The van der Waals surface area contributed by atoms with Crippen LogP contribution in [0.4, 0.5) is 0 Å². The first-order valence-corrected chi connectivity index (χ1v) is 10.9. The van der Waals surface area contributed by atoms with Crippen molar-refractivity contribution in [3.8, 4) is 22.3 Å². The van der Waals surface area contributed by atoms with E-state index in [1.165, 1.54) is 0 Å². The number of nitrogens with zero attached hydrogens (tertiary/aromatic N) is 1. The average molecular weight is 431 g/mol. The molecule has 2 amide bonds. The smallest absolute Gasteiger partial charge is 0.276 e. The Morgan fingerprint density at radius 3 is 1.58 bits per heavy atom. The van der Waals surface area contributed by atoms with Crippen molar-refractivity contribution in [2.75, 3.05) is 0 Å². The van der Waals surface area contributed by atoms with Crippen LogP contribution in [-0.4, -0.2) is 23.6 Å². The minimum atomic E-state index is -0.644. The summed E-state index contributed by atoms with van der Waals surface area (Å²) in [5.41, 5.74) is 6.40. The highest BCUT2D eigenvalue weighted by Crippen LogP contribution is 2.22. The lowest BCUT2D eigenvalue weighted by atomic mass is 9.98. The molecule has 0 saturated carbocycles. The second-order valence-corrected chi connectivity index (χ2v) is 8.02. The SMILES string of the molecule is O=C1NC(=O)C(Cc2ccc(-c3ccccc3)cc2)N=C1c1ccc(-c2ccccc2)cc1. The van der Waals surface area contributed by atoms with Gasteiger partial charge in [-0.1, -0.05) is 109 Å². The number of nitrogens with one attached hydrogen (secondary N) is 1. The van der Waals surface area contributed by atoms with Crippen LogP contribution in [0.25, 0.3) is 22.3 Å². The molecule has 33 heavy (non-hydrogen) atoms. The van der Waals surface area contributed by atoms with Crippen LogP contribution in [-0.2, 0) is 16.0 Å². The topological polar surface area (TPSA) is 58.5 Å². The third kappa shape index (κ3) is 4.51. The highest BCUT2D eigenvalue weighted by Gasteiger charge is 2.29. The van der Waals surface area contributed by atoms with Crippen LogP contribution < -0.4 is 5.32 Å². The molecule has 0 spiro atoms. The van der Waals surface area contributed by atoms with Gasteiger partial charge in [0.25, 0.3) is 11.8 Å². The minimum absolute atomic E-state index is 0.292. The monoisotopic (exact) mass is 430 g/mol. The van der Waals surface area contributed by atoms with Gasteiger partial charge in [0.15, 0.2) is 0 Å². The largest absolute Gasteiger partial charge is 0.289 e. The van der Waals surface area contributed by atoms with Crippen LogP contribution >= 0.6 is 0 Å². The first-order valence-electron chi connectivity index (χ1n) is 10.9. The first kappa shape index (κ1) is 20.6. The normalized spacial score (nSPS) is 15.6. The molecule has 0 aromatic heterocycles. The lowest BCUT2D eigenvalue weighted by Crippen LogP contribution is -2.47. The van der Waals surface area contributed by atoms with Crippen molar-refractivity contribution in [1.82, 2.24) is 5.32 Å². The summed E-state index contributed by atoms with van der Waals surface area (Å²) in [6, 6.07) is 35.3. The molecule has 0 saturated heterocycles. The molecule has 0 bridgehead atoms. The molecule has 1 aliphatic rings. The minimum Gasteiger partial charge on any atom is -0.289 e. The Bertz CT molecular complexity index is 1310. The molecule has 1 heterocycles. The Labute approximate surface area is 192 Å². The molecule has 4 aromatic rings. The van der Waals surface area contributed by atoms with E-state index in [2.05, 4.69) is 22.4 Å². The van der Waals surface area contributed by atoms with Gasteiger partial charge in [-0.3, -0.25) is 19.9 Å². The maximum Gasteiger partial charge on any atom is 0.276 e. The number of carbonyl (C=O) groups excluding carboxylic acids is 2. The van der Waals surface area contributed by atoms with E-state index >= 15 is 0 Å². The molecule has 0 aliphatic carbocycles. The van der Waals surface area contributed by atoms with Gasteiger partial charge >= 0.3 is 0 Å². The van der Waals surface area contributed by atoms with Crippen molar-refractivity contribution < 1.29 is 9.59 Å². The van der Waals surface area contributed by atoms with Crippen molar-refractivity contribution >= 4 is 17.5 Å². The van der Waals surface area contributed by atoms with Gasteiger partial charge in [0.05, 0.1) is 0 Å². The van der Waals surface area contributed by atoms with Crippen LogP contribution in [0.15, 0.2) is 114 Å². The third-order valence-electron chi connectivity index (χ3n) is 5.79. The van der Waals surface area contributed by atoms with E-state index in [-0.39, 0.29) is 5.91 Å². The van der Waals surface area contributed by atoms with E-state index < -0.39 is 11.9 Å². The lowest BCUT2D eigenvalue weighted by Gasteiger charge is -2.20. The Hall–Kier alpha value is -4.31. The molecule has 1 atom stereocenters. The zero-order valence-corrected chi connectivity index (χ0v) is 17.9. The number of hydrogen-bond acceptors (Lipinski definition) is 3. The van der Waals surface area contributed by atoms with Crippen molar-refractivity contribution in [1.29, 1.82) is 0 Å². The fourth-order valence-electron chi connectivity index (χ4n) is 4.01. The number of benzene rings is 4. The van der Waals surface area contributed by atoms with Gasteiger partial charge in [0, 0.05) is 12.0 Å². The second kappa shape index (κ2) is 9.05. The molecule has 1 unspecified atom stereocenters. The number of hydrogen-bond donors (Lipinski definition) is 1. The first-order chi connectivity index (χ1) is 16.2. The second-order valence-electron chi connectivity index (χ2n) is 8.02. The van der Waals surface area contributed by atoms with Crippen molar-refractivity contribution in [3.05, 3.63) is 120 Å². The van der Waals surface area contributed by atoms with Crippen molar-refractivity contribution in [2.45, 2.75) is 12.5 Å². The summed E-state index contributed by atoms with van der Waals surface area (Å²) in [5.74, 6) is -0.820. The van der Waals surface area contributed by atoms with Gasteiger partial charge in [0.1, 0.15) is 11.8 Å². The number of imide groups is 1. The fourth-order valence-corrected chi connectivity index (χ4v) is 4.01. The van der Waals surface area contributed by atoms with Gasteiger partial charge in [-0.2, -0.15) is 0 Å². The Morgan fingerprint density at radius 2 is 1.03 bits per heavy atom. The molecule has 1 N–H and O–H groups in total. The molecule has 4 aromatic carbocycles. The highest BCUT2D eigenvalue weighted by molar-refractivity contribution is 6.48. The van der Waals surface area contributed by atoms with Crippen molar-refractivity contribution in [3.63, 3.8) is 0 Å². The summed E-state index contributed by atoms with van der Waals surface area (Å²) in [4.78, 5) is 29.5. The number of aliphatic imine (C=N–C) groups is 1. The lowest BCUT2D eigenvalue weighted by molar-refractivity contribution is -0.128. The molecular weight excluding hydrogens is 408 g/mol. The predicted molar refractivity (Wildman–Crippen MR) is 131 cm³/mol. The summed E-state index contributed by atoms with van der Waals surface area (Å²) in [7, 11) is 0. The highest BCUT2D eigenvalue weighted by atomic mass is 16.2. The van der Waals surface area contributed by atoms with Gasteiger partial charge < -0.3 is 0 Å². The summed E-state index contributed by atoms with van der Waals surface area (Å²) in [6.07, 6.45) is 0.430. The molecule has 0 radical (unpaired) electrons. The van der Waals surface area contributed by atoms with E-state index in [4.69, 9.17) is 0 Å². The maximum absolute atomic E-state index is 12.5. The van der Waals surface area contributed by atoms with Gasteiger partial charge in [-0.05, 0) is 27.8 Å². The van der Waals surface area contributed by atoms with E-state index in [1.54, 1.807) is 0 Å². The molecule has 4 heteroatoms. The number of amides is 2. The Balaban J connectivity index is 1.37. The molecular formula is C29H22N2O2. The predicted octanol–water partition coefficient (Wildman–Crippen LogP) is 5.08. The Kier molecular flexibility index (Phi) is 5.64. The van der Waals surface area contributed by atoms with Gasteiger partial charge in [0.2, 0.25) is 0 Å². The van der Waals surface area contributed by atoms with Crippen LogP contribution in [0.3, 0.4) is 0 Å². The number of rotatable bonds is 5. The van der Waals surface area contributed by atoms with E-state index in [1.807, 2.05) is 97.1 Å². The van der Waals surface area contributed by atoms with E-state index in [9.17, 15) is 9.59 Å². The van der Waals surface area contributed by atoms with Gasteiger partial charge in [-0.15, -0.1) is 0 Å². The zero-order valence-electron chi connectivity index (χ0n) is 17.9. The molecule has 4 nitrogen and oxygen atoms in total. The van der Waals surface area contributed by atoms with E-state index in [0.29, 0.717) is 17.7 Å². The summed E-state index contributed by atoms with van der Waals surface area (Å²) in [5, 5.41) is 2.47. The summed E-state index contributed by atoms with van der Waals surface area (Å²) in [6.45, 7) is 0. The fraction of sp³-hybridized carbons (Fsp3) is 0.0690. The summed E-state index contributed by atoms with van der Waals surface area (Å²) < 4.78 is 0. The Morgan fingerprint density at radius 1 is 0.576 bits per heavy atom. The number of carbonyl (C=O) groups is 2. The standard InChI is InChI=1S/C29H22N2O2/c32-28-26(19-20-11-13-23(14-12-20)21-7-3-1-4-8-21)30-27(29(33)31-28)25-17-15-24(16-18-25)22-9-5-2-6-10-22/h1-18,26H,19H2,(H,31,32,33). The van der Waals surface area contributed by atoms with E-state index in [0.717, 1.165) is 27.8 Å². The van der Waals surface area contributed by atoms with Crippen LogP contribution in [0.1, 0.15) is 11.1 Å². The van der Waals surface area contributed by atoms with Crippen LogP contribution in [0.5, 0.6) is 0 Å². The molecule has 0 fully saturated rings. The zero-order chi connectivity index (χ0) is 22.6. The maximum atomic E-state index is 12.5. The molecule has 1 aliphatic heterocycles. The van der Waals surface area contributed by atoms with Crippen LogP contribution in [0, 0.1) is 0 Å². The average Bonchev–Trinajstić information content (AvgIpc) is 2.87. The summed E-state index contributed by atoms with van der Waals surface area (Å²) >= 11 is 0. The van der Waals surface area contributed by atoms with Crippen molar-refractivity contribution in [2.24, 2.45) is 4.99 Å². The molecule has 160 valence electrons.